The van der Waals surface area contributed by atoms with Crippen LogP contribution in [0.4, 0.5) is 0 Å². The number of carbonyl (C=O) groups is 1. The molecule has 0 N–H and O–H groups in total. The Kier molecular flexibility index (Phi) is 3.02. The standard InChI is InChI=1S/C13H13NOS/c1-2-16-11-5-3-10(4-6-11)12(15)13(9-14)7-8-13/h3-6H,2,7-8H2,1H3. The summed E-state index contributed by atoms with van der Waals surface area (Å²) in [4.78, 5) is 13.2. The summed E-state index contributed by atoms with van der Waals surface area (Å²) < 4.78 is 0. The molecular formula is C13H13NOS. The third kappa shape index (κ3) is 1.98. The van der Waals surface area contributed by atoms with Crippen LogP contribution in [0, 0.1) is 16.7 Å². The molecule has 0 bridgehead atoms. The van der Waals surface area contributed by atoms with E-state index in [4.69, 9.17) is 5.26 Å². The first-order valence-corrected chi connectivity index (χ1v) is 6.39. The zero-order valence-electron chi connectivity index (χ0n) is 9.19. The smallest absolute Gasteiger partial charge is 0.183 e. The van der Waals surface area contributed by atoms with Crippen LogP contribution in [0.1, 0.15) is 30.1 Å². The molecular weight excluding hydrogens is 218 g/mol. The molecule has 82 valence electrons. The topological polar surface area (TPSA) is 40.9 Å². The molecule has 1 aromatic carbocycles. The Bertz CT molecular complexity index is 440. The maximum atomic E-state index is 12.0. The lowest BCUT2D eigenvalue weighted by atomic mass is 9.96. The maximum absolute atomic E-state index is 12.0. The Morgan fingerprint density at radius 1 is 1.44 bits per heavy atom. The van der Waals surface area contributed by atoms with Crippen LogP contribution in [0.3, 0.4) is 0 Å². The van der Waals surface area contributed by atoms with Crippen LogP contribution in [-0.2, 0) is 0 Å². The first kappa shape index (κ1) is 11.2. The van der Waals surface area contributed by atoms with Crippen LogP contribution in [-0.4, -0.2) is 11.5 Å². The van der Waals surface area contributed by atoms with E-state index in [-0.39, 0.29) is 5.78 Å². The summed E-state index contributed by atoms with van der Waals surface area (Å²) >= 11 is 1.75. The summed E-state index contributed by atoms with van der Waals surface area (Å²) in [6.07, 6.45) is 1.43. The quantitative estimate of drug-likeness (QED) is 0.589. The van der Waals surface area contributed by atoms with Gasteiger partial charge in [0.1, 0.15) is 5.41 Å². The zero-order chi connectivity index (χ0) is 11.6. The lowest BCUT2D eigenvalue weighted by Gasteiger charge is -2.05. The Morgan fingerprint density at radius 3 is 2.50 bits per heavy atom. The average Bonchev–Trinajstić information content (AvgIpc) is 3.10. The number of hydrogen-bond donors (Lipinski definition) is 0. The van der Waals surface area contributed by atoms with Crippen LogP contribution >= 0.6 is 11.8 Å². The van der Waals surface area contributed by atoms with Crippen molar-refractivity contribution in [3.8, 4) is 6.07 Å². The van der Waals surface area contributed by atoms with Crippen LogP contribution in [0.25, 0.3) is 0 Å². The van der Waals surface area contributed by atoms with Gasteiger partial charge in [0.05, 0.1) is 6.07 Å². The van der Waals surface area contributed by atoms with Crippen LogP contribution < -0.4 is 0 Å². The number of Topliss-reactive ketones (excluding diaryl/α,β-unsaturated/α-hetero) is 1. The van der Waals surface area contributed by atoms with Crippen molar-refractivity contribution in [3.63, 3.8) is 0 Å². The van der Waals surface area contributed by atoms with Gasteiger partial charge in [0.2, 0.25) is 0 Å². The van der Waals surface area contributed by atoms with E-state index >= 15 is 0 Å². The molecule has 0 atom stereocenters. The zero-order valence-corrected chi connectivity index (χ0v) is 10.0. The summed E-state index contributed by atoms with van der Waals surface area (Å²) in [7, 11) is 0. The highest BCUT2D eigenvalue weighted by Gasteiger charge is 2.50. The highest BCUT2D eigenvalue weighted by molar-refractivity contribution is 7.99. The van der Waals surface area contributed by atoms with Crippen molar-refractivity contribution >= 4 is 17.5 Å². The van der Waals surface area contributed by atoms with Gasteiger partial charge in [0, 0.05) is 10.5 Å². The molecule has 0 amide bonds. The number of nitrogens with zero attached hydrogens (tertiary/aromatic N) is 1. The van der Waals surface area contributed by atoms with Gasteiger partial charge >= 0.3 is 0 Å². The van der Waals surface area contributed by atoms with Gasteiger partial charge < -0.3 is 0 Å². The molecule has 0 unspecified atom stereocenters. The second kappa shape index (κ2) is 4.31. The normalized spacial score (nSPS) is 16.5. The fraction of sp³-hybridized carbons (Fsp3) is 0.385. The minimum atomic E-state index is -0.695. The van der Waals surface area contributed by atoms with Crippen molar-refractivity contribution in [1.82, 2.24) is 0 Å². The van der Waals surface area contributed by atoms with E-state index in [9.17, 15) is 4.79 Å². The first-order chi connectivity index (χ1) is 7.72. The molecule has 2 rings (SSSR count). The van der Waals surface area contributed by atoms with E-state index in [0.717, 1.165) is 5.75 Å². The molecule has 0 radical (unpaired) electrons. The lowest BCUT2D eigenvalue weighted by molar-refractivity contribution is 0.0934. The summed E-state index contributed by atoms with van der Waals surface area (Å²) in [6.45, 7) is 2.10. The summed E-state index contributed by atoms with van der Waals surface area (Å²) in [5.41, 5.74) is -0.0288. The number of benzene rings is 1. The van der Waals surface area contributed by atoms with Crippen molar-refractivity contribution in [2.45, 2.75) is 24.7 Å². The third-order valence-electron chi connectivity index (χ3n) is 2.83. The molecule has 0 spiro atoms. The molecule has 1 aromatic rings. The highest BCUT2D eigenvalue weighted by Crippen LogP contribution is 2.47. The van der Waals surface area contributed by atoms with Crippen LogP contribution in [0.15, 0.2) is 29.2 Å². The van der Waals surface area contributed by atoms with Crippen molar-refractivity contribution in [3.05, 3.63) is 29.8 Å². The van der Waals surface area contributed by atoms with E-state index in [0.29, 0.717) is 18.4 Å². The predicted octanol–water partition coefficient (Wildman–Crippen LogP) is 3.29. The molecule has 0 heterocycles. The van der Waals surface area contributed by atoms with Gasteiger partial charge in [-0.3, -0.25) is 4.79 Å². The monoisotopic (exact) mass is 231 g/mol. The molecule has 0 aliphatic heterocycles. The fourth-order valence-electron chi connectivity index (χ4n) is 1.66. The molecule has 0 aromatic heterocycles. The number of rotatable bonds is 4. The number of nitriles is 1. The SMILES string of the molecule is CCSc1ccc(C(=O)C2(C#N)CC2)cc1. The van der Waals surface area contributed by atoms with Gasteiger partial charge in [0.25, 0.3) is 0 Å². The van der Waals surface area contributed by atoms with Crippen molar-refractivity contribution < 1.29 is 4.79 Å². The lowest BCUT2D eigenvalue weighted by Crippen LogP contribution is -2.13. The summed E-state index contributed by atoms with van der Waals surface area (Å²) in [5.74, 6) is 1.01. The van der Waals surface area contributed by atoms with E-state index in [1.54, 1.807) is 11.8 Å². The van der Waals surface area contributed by atoms with Gasteiger partial charge in [-0.05, 0) is 30.7 Å². The minimum Gasteiger partial charge on any atom is -0.292 e. The van der Waals surface area contributed by atoms with Crippen LogP contribution in [0.2, 0.25) is 0 Å². The second-order valence-corrected chi connectivity index (χ2v) is 5.32. The van der Waals surface area contributed by atoms with Crippen molar-refractivity contribution in [1.29, 1.82) is 5.26 Å². The molecule has 3 heteroatoms. The summed E-state index contributed by atoms with van der Waals surface area (Å²) in [6, 6.07) is 9.70. The van der Waals surface area contributed by atoms with E-state index < -0.39 is 5.41 Å². The Hall–Kier alpha value is -1.27. The van der Waals surface area contributed by atoms with Crippen molar-refractivity contribution in [2.75, 3.05) is 5.75 Å². The average molecular weight is 231 g/mol. The number of thioether (sulfide) groups is 1. The first-order valence-electron chi connectivity index (χ1n) is 5.41. The largest absolute Gasteiger partial charge is 0.292 e. The van der Waals surface area contributed by atoms with E-state index in [2.05, 4.69) is 13.0 Å². The fourth-order valence-corrected chi connectivity index (χ4v) is 2.32. The highest BCUT2D eigenvalue weighted by atomic mass is 32.2. The molecule has 1 aliphatic rings. The predicted molar refractivity (Wildman–Crippen MR) is 64.5 cm³/mol. The molecule has 1 fully saturated rings. The molecule has 16 heavy (non-hydrogen) atoms. The number of hydrogen-bond acceptors (Lipinski definition) is 3. The second-order valence-electron chi connectivity index (χ2n) is 3.98. The molecule has 0 saturated heterocycles. The van der Waals surface area contributed by atoms with Gasteiger partial charge in [-0.1, -0.05) is 19.1 Å². The maximum Gasteiger partial charge on any atom is 0.183 e. The third-order valence-corrected chi connectivity index (χ3v) is 3.72. The summed E-state index contributed by atoms with van der Waals surface area (Å²) in [5, 5.41) is 8.95. The van der Waals surface area contributed by atoms with Gasteiger partial charge in [-0.25, -0.2) is 0 Å². The molecule has 1 saturated carbocycles. The molecule has 2 nitrogen and oxygen atoms in total. The van der Waals surface area contributed by atoms with Crippen molar-refractivity contribution in [2.24, 2.45) is 5.41 Å². The number of carbonyl (C=O) groups excluding carboxylic acids is 1. The van der Waals surface area contributed by atoms with E-state index in [1.807, 2.05) is 24.3 Å². The van der Waals surface area contributed by atoms with Gasteiger partial charge in [-0.2, -0.15) is 5.26 Å². The molecule has 1 aliphatic carbocycles. The Balaban J connectivity index is 2.17. The van der Waals surface area contributed by atoms with Gasteiger partial charge in [-0.15, -0.1) is 11.8 Å². The minimum absolute atomic E-state index is 0.0111. The van der Waals surface area contributed by atoms with Crippen LogP contribution in [0.5, 0.6) is 0 Å². The Labute approximate surface area is 99.7 Å². The van der Waals surface area contributed by atoms with E-state index in [1.165, 1.54) is 4.90 Å². The number of ketones is 1. The van der Waals surface area contributed by atoms with Gasteiger partial charge in [0.15, 0.2) is 5.78 Å². The Morgan fingerprint density at radius 2 is 2.06 bits per heavy atom.